The first kappa shape index (κ1) is 13.6. The maximum absolute atomic E-state index is 4.61. The van der Waals surface area contributed by atoms with Crippen LogP contribution in [-0.4, -0.2) is 15.9 Å². The van der Waals surface area contributed by atoms with Gasteiger partial charge in [-0.2, -0.15) is 0 Å². The van der Waals surface area contributed by atoms with Gasteiger partial charge in [-0.15, -0.1) is 11.3 Å². The zero-order chi connectivity index (χ0) is 13.3. The van der Waals surface area contributed by atoms with Gasteiger partial charge in [0, 0.05) is 24.2 Å². The highest BCUT2D eigenvalue weighted by molar-refractivity contribution is 7.17. The van der Waals surface area contributed by atoms with Crippen molar-refractivity contribution in [2.75, 3.05) is 6.54 Å². The average Bonchev–Trinajstić information content (AvgIpc) is 2.76. The van der Waals surface area contributed by atoms with E-state index in [2.05, 4.69) is 55.5 Å². The summed E-state index contributed by atoms with van der Waals surface area (Å²) in [7, 11) is 0. The Morgan fingerprint density at radius 2 is 2.11 bits per heavy atom. The van der Waals surface area contributed by atoms with Gasteiger partial charge in [0.15, 0.2) is 4.96 Å². The van der Waals surface area contributed by atoms with E-state index < -0.39 is 0 Å². The number of aromatic nitrogens is 2. The lowest BCUT2D eigenvalue weighted by molar-refractivity contribution is 0.326. The van der Waals surface area contributed by atoms with Crippen LogP contribution in [0.2, 0.25) is 0 Å². The molecule has 0 bridgehead atoms. The molecule has 0 aliphatic carbocycles. The molecule has 2 rings (SSSR count). The highest BCUT2D eigenvalue weighted by atomic mass is 32.1. The highest BCUT2D eigenvalue weighted by Crippen LogP contribution is 2.21. The molecule has 0 aromatic carbocycles. The van der Waals surface area contributed by atoms with Gasteiger partial charge in [-0.3, -0.25) is 4.40 Å². The van der Waals surface area contributed by atoms with E-state index in [0.717, 1.165) is 23.7 Å². The summed E-state index contributed by atoms with van der Waals surface area (Å²) < 4.78 is 2.22. The van der Waals surface area contributed by atoms with Gasteiger partial charge < -0.3 is 5.32 Å². The smallest absolute Gasteiger partial charge is 0.194 e. The SMILES string of the molecule is CCC(C)(C)CNCc1c(C)nc2sc(C)cn12. The van der Waals surface area contributed by atoms with Crippen LogP contribution in [0.3, 0.4) is 0 Å². The number of thiazole rings is 1. The standard InChI is InChI=1S/C14H23N3S/c1-6-14(4,5)9-15-7-12-11(3)16-13-17(12)8-10(2)18-13/h8,15H,6-7,9H2,1-5H3. The number of fused-ring (bicyclic) bond motifs is 1. The first-order chi connectivity index (χ1) is 8.43. The summed E-state index contributed by atoms with van der Waals surface area (Å²) in [6.45, 7) is 13.0. The zero-order valence-corrected chi connectivity index (χ0v) is 12.8. The summed E-state index contributed by atoms with van der Waals surface area (Å²) in [5.74, 6) is 0. The normalized spacial score (nSPS) is 12.5. The molecule has 2 aromatic rings. The Labute approximate surface area is 113 Å². The second-order valence-corrected chi connectivity index (χ2v) is 6.97. The van der Waals surface area contributed by atoms with Crippen molar-refractivity contribution in [2.24, 2.45) is 5.41 Å². The number of nitrogens with zero attached hydrogens (tertiary/aromatic N) is 2. The summed E-state index contributed by atoms with van der Waals surface area (Å²) in [4.78, 5) is 7.03. The minimum Gasteiger partial charge on any atom is -0.311 e. The van der Waals surface area contributed by atoms with Crippen molar-refractivity contribution in [3.63, 3.8) is 0 Å². The first-order valence-corrected chi connectivity index (χ1v) is 7.39. The molecular weight excluding hydrogens is 242 g/mol. The molecule has 0 saturated carbocycles. The van der Waals surface area contributed by atoms with Gasteiger partial charge in [-0.1, -0.05) is 20.8 Å². The van der Waals surface area contributed by atoms with Gasteiger partial charge in [0.1, 0.15) is 0 Å². The monoisotopic (exact) mass is 265 g/mol. The summed E-state index contributed by atoms with van der Waals surface area (Å²) in [5.41, 5.74) is 2.80. The summed E-state index contributed by atoms with van der Waals surface area (Å²) in [6.07, 6.45) is 3.38. The van der Waals surface area contributed by atoms with E-state index in [1.807, 2.05) is 0 Å². The molecule has 0 radical (unpaired) electrons. The number of aryl methyl sites for hydroxylation is 2. The molecule has 0 amide bonds. The Morgan fingerprint density at radius 3 is 2.78 bits per heavy atom. The Morgan fingerprint density at radius 1 is 1.39 bits per heavy atom. The second-order valence-electron chi connectivity index (χ2n) is 5.76. The molecule has 0 aliphatic rings. The Bertz CT molecular complexity index is 536. The summed E-state index contributed by atoms with van der Waals surface area (Å²) in [5, 5.41) is 3.57. The van der Waals surface area contributed by atoms with Crippen LogP contribution in [0.15, 0.2) is 6.20 Å². The zero-order valence-electron chi connectivity index (χ0n) is 12.0. The van der Waals surface area contributed by atoms with Crippen molar-refractivity contribution in [1.82, 2.24) is 14.7 Å². The van der Waals surface area contributed by atoms with E-state index in [9.17, 15) is 0 Å². The molecule has 0 unspecified atom stereocenters. The van der Waals surface area contributed by atoms with Gasteiger partial charge in [-0.05, 0) is 25.7 Å². The average molecular weight is 265 g/mol. The van der Waals surface area contributed by atoms with Crippen LogP contribution < -0.4 is 5.32 Å². The van der Waals surface area contributed by atoms with E-state index in [1.54, 1.807) is 11.3 Å². The second kappa shape index (κ2) is 5.02. The van der Waals surface area contributed by atoms with Crippen LogP contribution in [0, 0.1) is 19.3 Å². The van der Waals surface area contributed by atoms with Crippen molar-refractivity contribution in [3.8, 4) is 0 Å². The van der Waals surface area contributed by atoms with Crippen molar-refractivity contribution in [2.45, 2.75) is 47.6 Å². The van der Waals surface area contributed by atoms with Crippen LogP contribution in [0.5, 0.6) is 0 Å². The number of hydrogen-bond donors (Lipinski definition) is 1. The number of imidazole rings is 1. The fourth-order valence-corrected chi connectivity index (χ4v) is 2.86. The maximum Gasteiger partial charge on any atom is 0.194 e. The molecule has 0 spiro atoms. The van der Waals surface area contributed by atoms with Gasteiger partial charge in [0.25, 0.3) is 0 Å². The molecule has 0 saturated heterocycles. The third-order valence-electron chi connectivity index (χ3n) is 3.59. The number of nitrogens with one attached hydrogen (secondary N) is 1. The molecule has 18 heavy (non-hydrogen) atoms. The van der Waals surface area contributed by atoms with E-state index >= 15 is 0 Å². The number of hydrogen-bond acceptors (Lipinski definition) is 3. The van der Waals surface area contributed by atoms with Gasteiger partial charge in [0.05, 0.1) is 11.4 Å². The molecule has 1 N–H and O–H groups in total. The van der Waals surface area contributed by atoms with Crippen molar-refractivity contribution in [1.29, 1.82) is 0 Å². The molecule has 0 fully saturated rings. The molecule has 4 heteroatoms. The number of rotatable bonds is 5. The Balaban J connectivity index is 2.09. The molecular formula is C14H23N3S. The van der Waals surface area contributed by atoms with Crippen molar-refractivity contribution >= 4 is 16.3 Å². The predicted octanol–water partition coefficient (Wildman–Crippen LogP) is 3.54. The minimum atomic E-state index is 0.363. The van der Waals surface area contributed by atoms with Crippen LogP contribution in [-0.2, 0) is 6.54 Å². The highest BCUT2D eigenvalue weighted by Gasteiger charge is 2.16. The lowest BCUT2D eigenvalue weighted by Gasteiger charge is -2.22. The van der Waals surface area contributed by atoms with Crippen LogP contribution in [0.4, 0.5) is 0 Å². The van der Waals surface area contributed by atoms with Crippen LogP contribution in [0.1, 0.15) is 43.5 Å². The van der Waals surface area contributed by atoms with Crippen LogP contribution in [0.25, 0.3) is 4.96 Å². The van der Waals surface area contributed by atoms with Crippen LogP contribution >= 0.6 is 11.3 Å². The van der Waals surface area contributed by atoms with Gasteiger partial charge in [0.2, 0.25) is 0 Å². The third-order valence-corrected chi connectivity index (χ3v) is 4.49. The predicted molar refractivity (Wildman–Crippen MR) is 78.3 cm³/mol. The first-order valence-electron chi connectivity index (χ1n) is 6.57. The fourth-order valence-electron chi connectivity index (χ4n) is 1.97. The molecule has 2 aromatic heterocycles. The fraction of sp³-hybridized carbons (Fsp3) is 0.643. The van der Waals surface area contributed by atoms with E-state index in [4.69, 9.17) is 0 Å². The Hall–Kier alpha value is -0.870. The third kappa shape index (κ3) is 2.75. The van der Waals surface area contributed by atoms with Gasteiger partial charge in [-0.25, -0.2) is 4.98 Å². The van der Waals surface area contributed by atoms with E-state index in [1.165, 1.54) is 17.0 Å². The maximum atomic E-state index is 4.61. The molecule has 0 atom stereocenters. The van der Waals surface area contributed by atoms with E-state index in [-0.39, 0.29) is 0 Å². The Kier molecular flexibility index (Phi) is 3.78. The van der Waals surface area contributed by atoms with Crippen molar-refractivity contribution < 1.29 is 0 Å². The molecule has 0 aliphatic heterocycles. The summed E-state index contributed by atoms with van der Waals surface area (Å²) in [6, 6.07) is 0. The quantitative estimate of drug-likeness (QED) is 0.896. The molecule has 100 valence electrons. The lowest BCUT2D eigenvalue weighted by atomic mass is 9.90. The topological polar surface area (TPSA) is 29.3 Å². The van der Waals surface area contributed by atoms with Gasteiger partial charge >= 0.3 is 0 Å². The van der Waals surface area contributed by atoms with Crippen molar-refractivity contribution in [3.05, 3.63) is 22.5 Å². The summed E-state index contributed by atoms with van der Waals surface area (Å²) >= 11 is 1.75. The largest absolute Gasteiger partial charge is 0.311 e. The molecule has 3 nitrogen and oxygen atoms in total. The molecule has 2 heterocycles. The lowest BCUT2D eigenvalue weighted by Crippen LogP contribution is -2.29. The van der Waals surface area contributed by atoms with E-state index in [0.29, 0.717) is 5.41 Å². The minimum absolute atomic E-state index is 0.363.